The number of Topliss-reactive ketones (excluding diaryl/α,β-unsaturated/α-hetero) is 1. The van der Waals surface area contributed by atoms with Gasteiger partial charge in [0.05, 0.1) is 24.4 Å². The van der Waals surface area contributed by atoms with E-state index in [2.05, 4.69) is 0 Å². The van der Waals surface area contributed by atoms with Gasteiger partial charge in [-0.1, -0.05) is 42.5 Å². The minimum Gasteiger partial charge on any atom is -0.507 e. The van der Waals surface area contributed by atoms with Gasteiger partial charge in [0, 0.05) is 25.3 Å². The van der Waals surface area contributed by atoms with E-state index in [0.29, 0.717) is 29.2 Å². The molecule has 1 aromatic heterocycles. The van der Waals surface area contributed by atoms with Crippen molar-refractivity contribution in [3.8, 4) is 5.75 Å². The molecule has 0 radical (unpaired) electrons. The minimum atomic E-state index is -0.777. The number of anilines is 1. The van der Waals surface area contributed by atoms with E-state index >= 15 is 0 Å². The summed E-state index contributed by atoms with van der Waals surface area (Å²) in [5.74, 6) is -0.432. The maximum atomic E-state index is 13.4. The van der Waals surface area contributed by atoms with Crippen molar-refractivity contribution in [1.82, 2.24) is 4.90 Å². The Morgan fingerprint density at radius 2 is 1.72 bits per heavy atom. The summed E-state index contributed by atoms with van der Waals surface area (Å²) in [6.07, 6.45) is 1.52. The van der Waals surface area contributed by atoms with Crippen LogP contribution in [0.1, 0.15) is 34.1 Å². The Morgan fingerprint density at radius 3 is 2.36 bits per heavy atom. The zero-order chi connectivity index (χ0) is 27.5. The number of ether oxygens (including phenoxy) is 1. The van der Waals surface area contributed by atoms with Gasteiger partial charge >= 0.3 is 0 Å². The number of furan rings is 1. The number of ketones is 1. The minimum absolute atomic E-state index is 0.0431. The summed E-state index contributed by atoms with van der Waals surface area (Å²) < 4.78 is 11.5. The van der Waals surface area contributed by atoms with Crippen molar-refractivity contribution in [3.05, 3.63) is 125 Å². The Hall–Kier alpha value is -4.78. The van der Waals surface area contributed by atoms with Crippen molar-refractivity contribution in [2.75, 3.05) is 19.0 Å². The highest BCUT2D eigenvalue weighted by Gasteiger charge is 2.46. The summed E-state index contributed by atoms with van der Waals surface area (Å²) >= 11 is 0. The molecule has 3 aromatic carbocycles. The molecule has 1 aliphatic heterocycles. The molecule has 1 unspecified atom stereocenters. The highest BCUT2D eigenvalue weighted by molar-refractivity contribution is 6.46. The van der Waals surface area contributed by atoms with Crippen molar-refractivity contribution in [2.24, 2.45) is 0 Å². The number of rotatable bonds is 8. The number of amides is 1. The van der Waals surface area contributed by atoms with Gasteiger partial charge < -0.3 is 24.1 Å². The van der Waals surface area contributed by atoms with Crippen molar-refractivity contribution in [3.63, 3.8) is 0 Å². The molecule has 1 atom stereocenters. The van der Waals surface area contributed by atoms with E-state index in [1.165, 1.54) is 11.2 Å². The van der Waals surface area contributed by atoms with Crippen LogP contribution in [-0.2, 0) is 22.7 Å². The van der Waals surface area contributed by atoms with E-state index in [-0.39, 0.29) is 17.9 Å². The van der Waals surface area contributed by atoms with Crippen LogP contribution in [0.5, 0.6) is 5.75 Å². The number of aryl methyl sites for hydroxylation is 1. The van der Waals surface area contributed by atoms with E-state index in [0.717, 1.165) is 16.8 Å². The monoisotopic (exact) mass is 522 g/mol. The first-order valence-electron chi connectivity index (χ1n) is 12.7. The number of nitrogens with zero attached hydrogens (tertiary/aromatic N) is 2. The van der Waals surface area contributed by atoms with E-state index in [1.807, 2.05) is 80.5 Å². The molecule has 2 heterocycles. The third kappa shape index (κ3) is 5.29. The molecule has 1 amide bonds. The van der Waals surface area contributed by atoms with Crippen LogP contribution in [0, 0.1) is 6.92 Å². The second kappa shape index (κ2) is 10.9. The van der Waals surface area contributed by atoms with Crippen LogP contribution in [0.25, 0.3) is 5.76 Å². The summed E-state index contributed by atoms with van der Waals surface area (Å²) in [5, 5.41) is 11.5. The van der Waals surface area contributed by atoms with E-state index in [9.17, 15) is 14.7 Å². The Kier molecular flexibility index (Phi) is 7.23. The van der Waals surface area contributed by atoms with Gasteiger partial charge in [0.1, 0.15) is 23.9 Å². The molecule has 0 bridgehead atoms. The van der Waals surface area contributed by atoms with Crippen molar-refractivity contribution in [1.29, 1.82) is 0 Å². The largest absolute Gasteiger partial charge is 0.507 e. The molecule has 39 heavy (non-hydrogen) atoms. The Balaban J connectivity index is 1.51. The topological polar surface area (TPSA) is 83.2 Å². The molecule has 0 spiro atoms. The molecule has 1 saturated heterocycles. The van der Waals surface area contributed by atoms with Crippen molar-refractivity contribution < 1.29 is 23.8 Å². The Morgan fingerprint density at radius 1 is 0.974 bits per heavy atom. The van der Waals surface area contributed by atoms with Crippen LogP contribution in [0.4, 0.5) is 5.69 Å². The predicted molar refractivity (Wildman–Crippen MR) is 149 cm³/mol. The number of hydrogen-bond donors (Lipinski definition) is 1. The van der Waals surface area contributed by atoms with Crippen LogP contribution >= 0.6 is 0 Å². The smallest absolute Gasteiger partial charge is 0.296 e. The first-order chi connectivity index (χ1) is 18.8. The van der Waals surface area contributed by atoms with Gasteiger partial charge in [-0.15, -0.1) is 0 Å². The SMILES string of the molecule is Cc1cc(/C(O)=C2/C(=O)C(=O)N(Cc3ccco3)C2c2ccc(N(C)C)cc2)ccc1OCc1ccccc1. The third-order valence-corrected chi connectivity index (χ3v) is 6.86. The lowest BCUT2D eigenvalue weighted by Gasteiger charge is -2.25. The molecular weight excluding hydrogens is 492 g/mol. The molecule has 1 aliphatic rings. The van der Waals surface area contributed by atoms with Gasteiger partial charge in [0.25, 0.3) is 11.7 Å². The number of hydrogen-bond acceptors (Lipinski definition) is 6. The second-order valence-corrected chi connectivity index (χ2v) is 9.75. The average molecular weight is 523 g/mol. The van der Waals surface area contributed by atoms with Crippen molar-refractivity contribution in [2.45, 2.75) is 26.1 Å². The standard InChI is InChI=1S/C32H30N2O5/c1-21-18-24(13-16-27(21)39-20-22-8-5-4-6-9-22)30(35)28-29(23-11-14-25(15-12-23)33(2)3)34(32(37)31(28)36)19-26-10-7-17-38-26/h4-18,29,35H,19-20H2,1-3H3/b30-28-. The van der Waals surface area contributed by atoms with Crippen molar-refractivity contribution >= 4 is 23.1 Å². The van der Waals surface area contributed by atoms with Crippen LogP contribution in [-0.4, -0.2) is 35.8 Å². The quantitative estimate of drug-likeness (QED) is 0.177. The normalized spacial score (nSPS) is 16.5. The van der Waals surface area contributed by atoms with Gasteiger partial charge in [-0.2, -0.15) is 0 Å². The molecule has 4 aromatic rings. The maximum Gasteiger partial charge on any atom is 0.296 e. The lowest BCUT2D eigenvalue weighted by atomic mass is 9.94. The number of benzene rings is 3. The average Bonchev–Trinajstić information content (AvgIpc) is 3.55. The fraction of sp³-hybridized carbons (Fsp3) is 0.188. The van der Waals surface area contributed by atoms with Gasteiger partial charge in [0.15, 0.2) is 0 Å². The molecule has 1 fully saturated rings. The number of carbonyl (C=O) groups is 2. The summed E-state index contributed by atoms with van der Waals surface area (Å²) in [4.78, 5) is 30.0. The molecule has 0 aliphatic carbocycles. The summed E-state index contributed by atoms with van der Waals surface area (Å²) in [6, 6.07) is 25.4. The third-order valence-electron chi connectivity index (χ3n) is 6.86. The van der Waals surface area contributed by atoms with Crippen LogP contribution in [0.15, 0.2) is 101 Å². The first-order valence-corrected chi connectivity index (χ1v) is 12.7. The second-order valence-electron chi connectivity index (χ2n) is 9.75. The lowest BCUT2D eigenvalue weighted by molar-refractivity contribution is -0.140. The van der Waals surface area contributed by atoms with Crippen LogP contribution in [0.2, 0.25) is 0 Å². The molecule has 5 rings (SSSR count). The summed E-state index contributed by atoms with van der Waals surface area (Å²) in [7, 11) is 3.88. The van der Waals surface area contributed by atoms with Crippen LogP contribution in [0.3, 0.4) is 0 Å². The number of aliphatic hydroxyl groups excluding tert-OH is 1. The fourth-order valence-electron chi connectivity index (χ4n) is 4.76. The Bertz CT molecular complexity index is 1510. The predicted octanol–water partition coefficient (Wildman–Crippen LogP) is 5.85. The first kappa shape index (κ1) is 25.9. The fourth-order valence-corrected chi connectivity index (χ4v) is 4.76. The Labute approximate surface area is 227 Å². The van der Waals surface area contributed by atoms with Gasteiger partial charge in [-0.05, 0) is 66.1 Å². The highest BCUT2D eigenvalue weighted by atomic mass is 16.5. The summed E-state index contributed by atoms with van der Waals surface area (Å²) in [6.45, 7) is 2.39. The number of carbonyl (C=O) groups excluding carboxylic acids is 2. The van der Waals surface area contributed by atoms with Gasteiger partial charge in [0.2, 0.25) is 0 Å². The van der Waals surface area contributed by atoms with Gasteiger partial charge in [-0.3, -0.25) is 9.59 Å². The molecule has 198 valence electrons. The van der Waals surface area contributed by atoms with E-state index in [4.69, 9.17) is 9.15 Å². The molecule has 7 nitrogen and oxygen atoms in total. The van der Waals surface area contributed by atoms with Crippen LogP contribution < -0.4 is 9.64 Å². The molecular formula is C32H30N2O5. The maximum absolute atomic E-state index is 13.4. The zero-order valence-electron chi connectivity index (χ0n) is 22.1. The van der Waals surface area contributed by atoms with E-state index in [1.54, 1.807) is 30.3 Å². The molecule has 0 saturated carbocycles. The highest BCUT2D eigenvalue weighted by Crippen LogP contribution is 2.41. The lowest BCUT2D eigenvalue weighted by Crippen LogP contribution is -2.29. The summed E-state index contributed by atoms with van der Waals surface area (Å²) in [5.41, 5.74) is 4.01. The number of likely N-dealkylation sites (tertiary alicyclic amines) is 1. The van der Waals surface area contributed by atoms with Gasteiger partial charge in [-0.25, -0.2) is 0 Å². The number of aliphatic hydroxyl groups is 1. The van der Waals surface area contributed by atoms with E-state index < -0.39 is 17.7 Å². The molecule has 1 N–H and O–H groups in total. The molecule has 7 heteroatoms. The zero-order valence-corrected chi connectivity index (χ0v) is 22.1.